The molecular weight excluding hydrogens is 320 g/mol. The van der Waals surface area contributed by atoms with Gasteiger partial charge < -0.3 is 15.0 Å². The standard InChI is InChI=1S/C19H22N2O2S/c1-21(19(22)13-15-14-24-12-11-20-15)16-7-9-18(10-8-16)23-17-5-3-2-4-6-17/h2-10,15,20H,11-14H2,1H3. The largest absolute Gasteiger partial charge is 0.457 e. The van der Waals surface area contributed by atoms with Crippen LogP contribution in [0.1, 0.15) is 6.42 Å². The molecule has 0 bridgehead atoms. The number of carbonyl (C=O) groups is 1. The Hall–Kier alpha value is -1.98. The number of anilines is 1. The molecule has 1 fully saturated rings. The summed E-state index contributed by atoms with van der Waals surface area (Å²) in [5, 5.41) is 3.40. The fraction of sp³-hybridized carbons (Fsp3) is 0.316. The number of amides is 1. The maximum absolute atomic E-state index is 12.4. The lowest BCUT2D eigenvalue weighted by atomic mass is 10.2. The van der Waals surface area contributed by atoms with Gasteiger partial charge in [-0.25, -0.2) is 0 Å². The zero-order chi connectivity index (χ0) is 16.8. The lowest BCUT2D eigenvalue weighted by molar-refractivity contribution is -0.118. The maximum atomic E-state index is 12.4. The van der Waals surface area contributed by atoms with E-state index >= 15 is 0 Å². The molecule has 1 aliphatic rings. The first-order valence-electron chi connectivity index (χ1n) is 8.13. The third kappa shape index (κ3) is 4.52. The van der Waals surface area contributed by atoms with E-state index in [1.165, 1.54) is 0 Å². The molecule has 0 radical (unpaired) electrons. The highest BCUT2D eigenvalue weighted by Gasteiger charge is 2.19. The Balaban J connectivity index is 1.58. The van der Waals surface area contributed by atoms with Crippen LogP contribution in [0.3, 0.4) is 0 Å². The van der Waals surface area contributed by atoms with Crippen molar-refractivity contribution in [3.8, 4) is 11.5 Å². The van der Waals surface area contributed by atoms with Crippen LogP contribution in [-0.2, 0) is 4.79 Å². The summed E-state index contributed by atoms with van der Waals surface area (Å²) in [7, 11) is 1.82. The Bertz CT molecular complexity index is 655. The summed E-state index contributed by atoms with van der Waals surface area (Å²) in [6.45, 7) is 0.984. The first-order chi connectivity index (χ1) is 11.7. The second kappa shape index (κ2) is 8.22. The van der Waals surface area contributed by atoms with E-state index in [-0.39, 0.29) is 11.9 Å². The zero-order valence-corrected chi connectivity index (χ0v) is 14.6. The van der Waals surface area contributed by atoms with Crippen LogP contribution in [0.25, 0.3) is 0 Å². The van der Waals surface area contributed by atoms with Gasteiger partial charge in [0.05, 0.1) is 0 Å². The van der Waals surface area contributed by atoms with E-state index < -0.39 is 0 Å². The zero-order valence-electron chi connectivity index (χ0n) is 13.8. The van der Waals surface area contributed by atoms with Crippen LogP contribution in [0.15, 0.2) is 54.6 Å². The number of hydrogen-bond donors (Lipinski definition) is 1. The number of rotatable bonds is 5. The molecule has 0 spiro atoms. The minimum atomic E-state index is 0.131. The molecule has 24 heavy (non-hydrogen) atoms. The van der Waals surface area contributed by atoms with Crippen molar-refractivity contribution in [2.75, 3.05) is 30.0 Å². The summed E-state index contributed by atoms with van der Waals surface area (Å²) in [4.78, 5) is 14.1. The van der Waals surface area contributed by atoms with E-state index in [2.05, 4.69) is 5.32 Å². The van der Waals surface area contributed by atoms with Crippen molar-refractivity contribution in [1.29, 1.82) is 0 Å². The third-order valence-corrected chi connectivity index (χ3v) is 5.13. The van der Waals surface area contributed by atoms with Crippen LogP contribution < -0.4 is 15.0 Å². The highest BCUT2D eigenvalue weighted by Crippen LogP contribution is 2.24. The summed E-state index contributed by atoms with van der Waals surface area (Å²) in [6, 6.07) is 17.6. The van der Waals surface area contributed by atoms with Crippen molar-refractivity contribution in [2.24, 2.45) is 0 Å². The van der Waals surface area contributed by atoms with E-state index in [4.69, 9.17) is 4.74 Å². The minimum absolute atomic E-state index is 0.131. The lowest BCUT2D eigenvalue weighted by Crippen LogP contribution is -2.41. The predicted octanol–water partition coefficient (Wildman–Crippen LogP) is 3.54. The first-order valence-corrected chi connectivity index (χ1v) is 9.28. The molecule has 1 atom stereocenters. The highest BCUT2D eigenvalue weighted by atomic mass is 32.2. The molecule has 1 N–H and O–H groups in total. The first kappa shape index (κ1) is 16.9. The molecule has 3 rings (SSSR count). The van der Waals surface area contributed by atoms with Crippen LogP contribution in [0.5, 0.6) is 11.5 Å². The van der Waals surface area contributed by atoms with Gasteiger partial charge in [0.25, 0.3) is 0 Å². The van der Waals surface area contributed by atoms with Crippen molar-refractivity contribution in [3.05, 3.63) is 54.6 Å². The molecule has 2 aromatic carbocycles. The Morgan fingerprint density at radius 2 is 1.88 bits per heavy atom. The van der Waals surface area contributed by atoms with Crippen LogP contribution in [0.4, 0.5) is 5.69 Å². The number of ether oxygens (including phenoxy) is 1. The van der Waals surface area contributed by atoms with Gasteiger partial charge in [-0.15, -0.1) is 0 Å². The van der Waals surface area contributed by atoms with E-state index in [1.807, 2.05) is 73.4 Å². The summed E-state index contributed by atoms with van der Waals surface area (Å²) in [5.74, 6) is 3.82. The quantitative estimate of drug-likeness (QED) is 0.902. The second-order valence-electron chi connectivity index (χ2n) is 5.79. The van der Waals surface area contributed by atoms with Crippen LogP contribution in [0.2, 0.25) is 0 Å². The van der Waals surface area contributed by atoms with Gasteiger partial charge in [-0.05, 0) is 36.4 Å². The number of para-hydroxylation sites is 1. The molecule has 0 aliphatic carbocycles. The van der Waals surface area contributed by atoms with Crippen LogP contribution in [0, 0.1) is 0 Å². The van der Waals surface area contributed by atoms with E-state index in [1.54, 1.807) is 4.90 Å². The van der Waals surface area contributed by atoms with Crippen molar-refractivity contribution in [3.63, 3.8) is 0 Å². The van der Waals surface area contributed by atoms with Crippen LogP contribution in [-0.4, -0.2) is 37.0 Å². The topological polar surface area (TPSA) is 41.6 Å². The van der Waals surface area contributed by atoms with Crippen molar-refractivity contribution in [2.45, 2.75) is 12.5 Å². The number of carbonyl (C=O) groups excluding carboxylic acids is 1. The SMILES string of the molecule is CN(C(=O)CC1CSCCN1)c1ccc(Oc2ccccc2)cc1. The summed E-state index contributed by atoms with van der Waals surface area (Å²) in [6.07, 6.45) is 0.533. The molecule has 5 heteroatoms. The molecule has 1 saturated heterocycles. The lowest BCUT2D eigenvalue weighted by Gasteiger charge is -2.25. The van der Waals surface area contributed by atoms with E-state index in [0.29, 0.717) is 6.42 Å². The minimum Gasteiger partial charge on any atom is -0.457 e. The van der Waals surface area contributed by atoms with Gasteiger partial charge in [-0.1, -0.05) is 18.2 Å². The number of nitrogens with zero attached hydrogens (tertiary/aromatic N) is 1. The maximum Gasteiger partial charge on any atom is 0.228 e. The molecule has 1 heterocycles. The monoisotopic (exact) mass is 342 g/mol. The summed E-state index contributed by atoms with van der Waals surface area (Å²) >= 11 is 1.91. The fourth-order valence-electron chi connectivity index (χ4n) is 2.60. The number of hydrogen-bond acceptors (Lipinski definition) is 4. The molecule has 1 aliphatic heterocycles. The average Bonchev–Trinajstić information content (AvgIpc) is 2.63. The highest BCUT2D eigenvalue weighted by molar-refractivity contribution is 7.99. The normalized spacial score (nSPS) is 17.3. The molecule has 126 valence electrons. The Morgan fingerprint density at radius 3 is 2.54 bits per heavy atom. The van der Waals surface area contributed by atoms with Gasteiger partial charge in [-0.2, -0.15) is 11.8 Å². The summed E-state index contributed by atoms with van der Waals surface area (Å²) in [5.41, 5.74) is 0.879. The molecule has 1 amide bonds. The Morgan fingerprint density at radius 1 is 1.17 bits per heavy atom. The van der Waals surface area contributed by atoms with Crippen molar-refractivity contribution < 1.29 is 9.53 Å². The number of nitrogens with one attached hydrogen (secondary N) is 1. The third-order valence-electron chi connectivity index (χ3n) is 4.00. The summed E-state index contributed by atoms with van der Waals surface area (Å²) < 4.78 is 5.78. The van der Waals surface area contributed by atoms with Crippen molar-refractivity contribution >= 4 is 23.4 Å². The molecule has 4 nitrogen and oxygen atoms in total. The van der Waals surface area contributed by atoms with Crippen molar-refractivity contribution in [1.82, 2.24) is 5.32 Å². The second-order valence-corrected chi connectivity index (χ2v) is 6.94. The van der Waals surface area contributed by atoms with E-state index in [9.17, 15) is 4.79 Å². The fourth-order valence-corrected chi connectivity index (χ4v) is 3.55. The molecular formula is C19H22N2O2S. The molecule has 2 aromatic rings. The smallest absolute Gasteiger partial charge is 0.228 e. The van der Waals surface area contributed by atoms with Gasteiger partial charge in [0.15, 0.2) is 0 Å². The number of thioether (sulfide) groups is 1. The van der Waals surface area contributed by atoms with Gasteiger partial charge in [0.2, 0.25) is 5.91 Å². The Labute approximate surface area is 147 Å². The molecule has 1 unspecified atom stereocenters. The van der Waals surface area contributed by atoms with E-state index in [0.717, 1.165) is 35.2 Å². The van der Waals surface area contributed by atoms with Gasteiger partial charge in [0, 0.05) is 43.2 Å². The molecule has 0 aromatic heterocycles. The van der Waals surface area contributed by atoms with Crippen LogP contribution >= 0.6 is 11.8 Å². The van der Waals surface area contributed by atoms with Gasteiger partial charge >= 0.3 is 0 Å². The number of benzene rings is 2. The van der Waals surface area contributed by atoms with Gasteiger partial charge in [-0.3, -0.25) is 4.79 Å². The predicted molar refractivity (Wildman–Crippen MR) is 100 cm³/mol. The van der Waals surface area contributed by atoms with Gasteiger partial charge in [0.1, 0.15) is 11.5 Å². The Kier molecular flexibility index (Phi) is 5.77. The average molecular weight is 342 g/mol. The molecule has 0 saturated carbocycles.